The minimum atomic E-state index is -4.33. The number of benzene rings is 1. The van der Waals surface area contributed by atoms with Gasteiger partial charge in [0.1, 0.15) is 12.1 Å². The van der Waals surface area contributed by atoms with Gasteiger partial charge >= 0.3 is 5.97 Å². The third kappa shape index (κ3) is 6.32. The van der Waals surface area contributed by atoms with E-state index in [0.29, 0.717) is 23.1 Å². The molecule has 0 spiro atoms. The monoisotopic (exact) mass is 522 g/mol. The number of carbonyl (C=O) groups excluding carboxylic acids is 1. The van der Waals surface area contributed by atoms with E-state index in [1.807, 2.05) is 13.8 Å². The van der Waals surface area contributed by atoms with Crippen molar-refractivity contribution in [2.45, 2.75) is 62.9 Å². The number of sulfonamides is 1. The van der Waals surface area contributed by atoms with Crippen molar-refractivity contribution in [3.63, 3.8) is 0 Å². The van der Waals surface area contributed by atoms with Gasteiger partial charge in [0.2, 0.25) is 21.6 Å². The highest BCUT2D eigenvalue weighted by Crippen LogP contribution is 2.33. The number of guanidine groups is 1. The van der Waals surface area contributed by atoms with Gasteiger partial charge in [-0.3, -0.25) is 9.79 Å². The second kappa shape index (κ2) is 11.2. The lowest BCUT2D eigenvalue weighted by Crippen LogP contribution is -2.56. The predicted octanol–water partition coefficient (Wildman–Crippen LogP) is 0.504. The quantitative estimate of drug-likeness (QED) is 0.118. The van der Waals surface area contributed by atoms with Crippen LogP contribution in [0.1, 0.15) is 45.1 Å². The molecular weight excluding hydrogens is 488 g/mol. The number of carboxylic acids is 1. The standard InChI is InChI=1S/C23H34N6O6S/c1-14-8-10-28(18(12-14)22(31)32)21(30)17(6-4-9-26-23(24)25)27-36(34,35)19-7-3-5-16-11-15(2)13-29(33)20(16)19/h3,5,7,13-15,17-18,27H,4,6,8-12H2,1-2H3,(H,31,32)(H4,24,25,26)/t14-,15?,17+,18-/m1/s1. The van der Waals surface area contributed by atoms with E-state index >= 15 is 0 Å². The summed E-state index contributed by atoms with van der Waals surface area (Å²) in [6.45, 7) is 4.13. The number of hydrogen-bond acceptors (Lipinski definition) is 6. The zero-order valence-electron chi connectivity index (χ0n) is 20.5. The maximum absolute atomic E-state index is 13.5. The first-order valence-corrected chi connectivity index (χ1v) is 13.4. The Kier molecular flexibility index (Phi) is 8.56. The number of amides is 1. The van der Waals surface area contributed by atoms with Crippen molar-refractivity contribution in [1.29, 1.82) is 0 Å². The fourth-order valence-corrected chi connectivity index (χ4v) is 6.19. The highest BCUT2D eigenvalue weighted by molar-refractivity contribution is 7.89. The Morgan fingerprint density at radius 2 is 2.06 bits per heavy atom. The van der Waals surface area contributed by atoms with Gasteiger partial charge in [-0.15, -0.1) is 0 Å². The van der Waals surface area contributed by atoms with Gasteiger partial charge in [-0.1, -0.05) is 26.0 Å². The molecule has 0 saturated carbocycles. The van der Waals surface area contributed by atoms with E-state index in [1.54, 1.807) is 12.1 Å². The topological polar surface area (TPSA) is 194 Å². The second-order valence-electron chi connectivity index (χ2n) is 9.56. The van der Waals surface area contributed by atoms with Crippen LogP contribution in [0.2, 0.25) is 0 Å². The molecule has 0 aromatic heterocycles. The molecule has 1 amide bonds. The average molecular weight is 523 g/mol. The van der Waals surface area contributed by atoms with Crippen LogP contribution < -0.4 is 16.2 Å². The summed E-state index contributed by atoms with van der Waals surface area (Å²) < 4.78 is 30.0. The van der Waals surface area contributed by atoms with Crippen molar-refractivity contribution in [3.05, 3.63) is 29.0 Å². The summed E-state index contributed by atoms with van der Waals surface area (Å²) in [4.78, 5) is 30.3. The normalized spacial score (nSPS) is 22.8. The van der Waals surface area contributed by atoms with Crippen molar-refractivity contribution in [2.24, 2.45) is 28.3 Å². The molecule has 1 fully saturated rings. The second-order valence-corrected chi connectivity index (χ2v) is 11.2. The molecule has 12 nitrogen and oxygen atoms in total. The maximum atomic E-state index is 13.5. The van der Waals surface area contributed by atoms with Gasteiger partial charge in [0.05, 0.1) is 0 Å². The minimum absolute atomic E-state index is 0.0185. The largest absolute Gasteiger partial charge is 0.618 e. The van der Waals surface area contributed by atoms with E-state index in [9.17, 15) is 28.3 Å². The van der Waals surface area contributed by atoms with Gasteiger partial charge in [0.15, 0.2) is 17.1 Å². The van der Waals surface area contributed by atoms with Crippen molar-refractivity contribution in [1.82, 2.24) is 9.62 Å². The van der Waals surface area contributed by atoms with Crippen LogP contribution in [-0.2, 0) is 26.0 Å². The third-order valence-corrected chi connectivity index (χ3v) is 8.00. The molecule has 2 aliphatic rings. The van der Waals surface area contributed by atoms with Crippen molar-refractivity contribution in [3.8, 4) is 0 Å². The van der Waals surface area contributed by atoms with Crippen LogP contribution in [0, 0.1) is 17.0 Å². The lowest BCUT2D eigenvalue weighted by atomic mass is 9.91. The molecule has 1 saturated heterocycles. The van der Waals surface area contributed by atoms with E-state index in [2.05, 4.69) is 9.71 Å². The molecule has 36 heavy (non-hydrogen) atoms. The maximum Gasteiger partial charge on any atom is 0.326 e. The molecule has 3 rings (SSSR count). The molecule has 1 unspecified atom stereocenters. The van der Waals surface area contributed by atoms with Crippen LogP contribution in [-0.4, -0.2) is 72.4 Å². The molecule has 1 aromatic carbocycles. The molecular formula is C23H34N6O6S. The zero-order valence-corrected chi connectivity index (χ0v) is 21.3. The molecule has 0 bridgehead atoms. The van der Waals surface area contributed by atoms with Crippen LogP contribution in [0.15, 0.2) is 28.1 Å². The fourth-order valence-electron chi connectivity index (χ4n) is 4.73. The van der Waals surface area contributed by atoms with E-state index in [4.69, 9.17) is 11.5 Å². The summed E-state index contributed by atoms with van der Waals surface area (Å²) in [6, 6.07) is 2.26. The molecule has 0 radical (unpaired) electrons. The number of nitrogens with two attached hydrogens (primary N) is 2. The number of nitrogens with zero attached hydrogens (tertiary/aromatic N) is 3. The summed E-state index contributed by atoms with van der Waals surface area (Å²) in [5.41, 5.74) is 11.3. The molecule has 6 N–H and O–H groups in total. The molecule has 13 heteroatoms. The Bertz CT molecular complexity index is 1160. The summed E-state index contributed by atoms with van der Waals surface area (Å²) in [6.07, 6.45) is 3.10. The zero-order chi connectivity index (χ0) is 26.6. The van der Waals surface area contributed by atoms with Crippen LogP contribution >= 0.6 is 0 Å². The predicted molar refractivity (Wildman–Crippen MR) is 134 cm³/mol. The number of aliphatic imine (C=N–C) groups is 1. The lowest BCUT2D eigenvalue weighted by molar-refractivity contribution is -0.364. The van der Waals surface area contributed by atoms with E-state index in [0.717, 1.165) is 0 Å². The summed E-state index contributed by atoms with van der Waals surface area (Å²) in [5, 5.41) is 22.3. The number of hydrogen-bond donors (Lipinski definition) is 4. The molecule has 4 atom stereocenters. The number of carboxylic acid groups (broad SMARTS) is 1. The van der Waals surface area contributed by atoms with E-state index in [1.165, 1.54) is 17.2 Å². The first-order chi connectivity index (χ1) is 16.9. The van der Waals surface area contributed by atoms with Gasteiger partial charge < -0.3 is 26.7 Å². The van der Waals surface area contributed by atoms with Gasteiger partial charge in [0.25, 0.3) is 0 Å². The number of likely N-dealkylation sites (tertiary alicyclic amines) is 1. The molecule has 2 heterocycles. The van der Waals surface area contributed by atoms with Gasteiger partial charge in [-0.2, -0.15) is 9.46 Å². The molecule has 2 aliphatic heterocycles. The average Bonchev–Trinajstić information content (AvgIpc) is 2.79. The van der Waals surface area contributed by atoms with Crippen molar-refractivity contribution in [2.75, 3.05) is 13.1 Å². The van der Waals surface area contributed by atoms with Crippen LogP contribution in [0.4, 0.5) is 5.69 Å². The Morgan fingerprint density at radius 1 is 1.33 bits per heavy atom. The lowest BCUT2D eigenvalue weighted by Gasteiger charge is -2.38. The fraction of sp³-hybridized carbons (Fsp3) is 0.565. The van der Waals surface area contributed by atoms with E-state index < -0.39 is 34.0 Å². The molecule has 198 valence electrons. The highest BCUT2D eigenvalue weighted by Gasteiger charge is 2.40. The smallest absolute Gasteiger partial charge is 0.326 e. The van der Waals surface area contributed by atoms with Crippen molar-refractivity contribution < 1.29 is 27.9 Å². The summed E-state index contributed by atoms with van der Waals surface area (Å²) >= 11 is 0. The third-order valence-electron chi connectivity index (χ3n) is 6.50. The van der Waals surface area contributed by atoms with Gasteiger partial charge in [-0.25, -0.2) is 13.2 Å². The number of fused-ring (bicyclic) bond motifs is 1. The Labute approximate surface area is 210 Å². The highest BCUT2D eigenvalue weighted by atomic mass is 32.2. The number of nitrogens with one attached hydrogen (secondary N) is 1. The van der Waals surface area contributed by atoms with Gasteiger partial charge in [0, 0.05) is 24.6 Å². The number of carbonyl (C=O) groups is 2. The van der Waals surface area contributed by atoms with Crippen LogP contribution in [0.3, 0.4) is 0 Å². The van der Waals surface area contributed by atoms with Crippen LogP contribution in [0.25, 0.3) is 0 Å². The Balaban J connectivity index is 1.93. The molecule has 0 aliphatic carbocycles. The Hall–Kier alpha value is -3.19. The first kappa shape index (κ1) is 27.4. The minimum Gasteiger partial charge on any atom is -0.618 e. The number of piperidine rings is 1. The molecule has 1 aromatic rings. The van der Waals surface area contributed by atoms with Crippen LogP contribution in [0.5, 0.6) is 0 Å². The van der Waals surface area contributed by atoms with Crippen molar-refractivity contribution >= 4 is 39.8 Å². The number of aliphatic carboxylic acids is 1. The first-order valence-electron chi connectivity index (χ1n) is 11.9. The summed E-state index contributed by atoms with van der Waals surface area (Å²) in [5.74, 6) is -1.84. The Morgan fingerprint density at radius 3 is 2.72 bits per heavy atom. The van der Waals surface area contributed by atoms with E-state index in [-0.39, 0.29) is 60.7 Å². The number of para-hydroxylation sites is 1. The summed E-state index contributed by atoms with van der Waals surface area (Å²) in [7, 11) is -4.33. The van der Waals surface area contributed by atoms with Gasteiger partial charge in [-0.05, 0) is 44.1 Å². The number of rotatable bonds is 9. The SMILES string of the molecule is CC1C=[N+]([O-])c2c(cccc2S(=O)(=O)N[C@@H](CCCN=C(N)N)C(=O)N2CC[C@@H](C)C[C@@H]2C(=O)O)C1.